The van der Waals surface area contributed by atoms with Crippen LogP contribution >= 0.6 is 0 Å². The molecule has 0 bridgehead atoms. The molecule has 0 aromatic carbocycles. The lowest BCUT2D eigenvalue weighted by molar-refractivity contribution is -0.117. The first-order valence-electron chi connectivity index (χ1n) is 13.0. The monoisotopic (exact) mass is 485 g/mol. The number of hydrogen-bond acceptors (Lipinski definition) is 5. The normalized spacial score (nSPS) is 15.9. The topological polar surface area (TPSA) is 90.7 Å². The molecule has 0 spiro atoms. The van der Waals surface area contributed by atoms with Crippen LogP contribution in [0.1, 0.15) is 73.6 Å². The van der Waals surface area contributed by atoms with E-state index in [9.17, 15) is 9.59 Å². The second kappa shape index (κ2) is 27.5. The first-order chi connectivity index (χ1) is 16.3. The van der Waals surface area contributed by atoms with Gasteiger partial charge in [0, 0.05) is 27.5 Å². The number of primary amides is 1. The van der Waals surface area contributed by atoms with Crippen LogP contribution in [0.5, 0.6) is 0 Å². The molecule has 1 atom stereocenters. The summed E-state index contributed by atoms with van der Waals surface area (Å²) in [5, 5.41) is 6.17. The summed E-state index contributed by atoms with van der Waals surface area (Å²) in [6, 6.07) is -0.321. The van der Waals surface area contributed by atoms with Crippen molar-refractivity contribution in [2.24, 2.45) is 11.7 Å². The summed E-state index contributed by atoms with van der Waals surface area (Å²) < 4.78 is 0. The molecule has 7 heteroatoms. The molecule has 0 aromatic rings. The Morgan fingerprint density at radius 1 is 1.12 bits per heavy atom. The molecule has 1 rings (SSSR count). The molecule has 1 aliphatic carbocycles. The molecule has 0 unspecified atom stereocenters. The van der Waals surface area contributed by atoms with Gasteiger partial charge in [-0.2, -0.15) is 0 Å². The van der Waals surface area contributed by atoms with Gasteiger partial charge in [-0.15, -0.1) is 13.2 Å². The van der Waals surface area contributed by atoms with E-state index in [4.69, 9.17) is 5.73 Å². The van der Waals surface area contributed by atoms with E-state index in [1.807, 2.05) is 40.0 Å². The fraction of sp³-hybridized carbons (Fsp3) is 0.778. The fourth-order valence-electron chi connectivity index (χ4n) is 3.44. The molecular weight excluding hydrogens is 426 g/mol. The van der Waals surface area contributed by atoms with E-state index < -0.39 is 0 Å². The van der Waals surface area contributed by atoms with Crippen molar-refractivity contribution in [3.8, 4) is 0 Å². The summed E-state index contributed by atoms with van der Waals surface area (Å²) in [7, 11) is 7.70. The number of hydrogen-bond donors (Lipinski definition) is 3. The van der Waals surface area contributed by atoms with Crippen LogP contribution in [0.3, 0.4) is 0 Å². The standard InChI is InChI=1S/C15H27NO.C8H19N3O.C2H7N.C2H4.H2/c1-3-6-14-9-8-13(12-15(14)17)7-5-11-16-10-4-2;1-4-5-11(8(9)12)7-6-10(2)3;1-3-2;1-2;/h6,13,16H,3-5,7-12H2,1-2H3;4-7H2,1-3H3,(H2,9,12);3H,1-2H3;1-2H2;1H/b14-6+;;;;/t13-;;;;/m0..../s1. The van der Waals surface area contributed by atoms with Crippen molar-refractivity contribution in [1.82, 2.24) is 20.4 Å². The average molecular weight is 486 g/mol. The van der Waals surface area contributed by atoms with Crippen LogP contribution in [0, 0.1) is 5.92 Å². The van der Waals surface area contributed by atoms with E-state index in [-0.39, 0.29) is 7.46 Å². The third kappa shape index (κ3) is 23.5. The summed E-state index contributed by atoms with van der Waals surface area (Å²) >= 11 is 0. The third-order valence-electron chi connectivity index (χ3n) is 5.12. The molecule has 4 N–H and O–H groups in total. The van der Waals surface area contributed by atoms with Crippen molar-refractivity contribution in [1.29, 1.82) is 0 Å². The lowest BCUT2D eigenvalue weighted by atomic mass is 9.82. The number of carbonyl (C=O) groups excluding carboxylic acids is 2. The molecule has 0 radical (unpaired) electrons. The highest BCUT2D eigenvalue weighted by atomic mass is 16.2. The van der Waals surface area contributed by atoms with Crippen LogP contribution < -0.4 is 16.4 Å². The Morgan fingerprint density at radius 2 is 1.74 bits per heavy atom. The van der Waals surface area contributed by atoms with Crippen molar-refractivity contribution in [2.75, 3.05) is 60.9 Å². The zero-order chi connectivity index (χ0) is 26.8. The lowest BCUT2D eigenvalue weighted by Crippen LogP contribution is -2.40. The van der Waals surface area contributed by atoms with Gasteiger partial charge in [0.25, 0.3) is 0 Å². The minimum absolute atomic E-state index is 0. The minimum atomic E-state index is -0.321. The Morgan fingerprint density at radius 3 is 2.18 bits per heavy atom. The first-order valence-corrected chi connectivity index (χ1v) is 13.0. The van der Waals surface area contributed by atoms with Crippen LogP contribution in [0.15, 0.2) is 24.8 Å². The fourth-order valence-corrected chi connectivity index (χ4v) is 3.44. The number of rotatable bonds is 12. The predicted octanol–water partition coefficient (Wildman–Crippen LogP) is 4.69. The number of nitrogens with two attached hydrogens (primary N) is 1. The van der Waals surface area contributed by atoms with E-state index in [1.165, 1.54) is 25.7 Å². The number of amides is 2. The molecule has 0 aliphatic heterocycles. The van der Waals surface area contributed by atoms with Crippen molar-refractivity contribution >= 4 is 11.8 Å². The highest BCUT2D eigenvalue weighted by molar-refractivity contribution is 5.96. The molecule has 0 heterocycles. The van der Waals surface area contributed by atoms with Crippen molar-refractivity contribution in [2.45, 2.75) is 72.1 Å². The number of urea groups is 1. The smallest absolute Gasteiger partial charge is 0.314 e. The van der Waals surface area contributed by atoms with E-state index in [0.717, 1.165) is 64.0 Å². The molecule has 2 amide bonds. The zero-order valence-electron chi connectivity index (χ0n) is 23.5. The van der Waals surface area contributed by atoms with Gasteiger partial charge in [-0.1, -0.05) is 26.8 Å². The van der Waals surface area contributed by atoms with Crippen LogP contribution in [-0.4, -0.2) is 82.5 Å². The number of likely N-dealkylation sites (N-methyl/N-ethyl adjacent to an activating group) is 1. The molecule has 204 valence electrons. The number of carbonyl (C=O) groups is 2. The van der Waals surface area contributed by atoms with Gasteiger partial charge in [-0.25, -0.2) is 4.79 Å². The number of Topliss-reactive ketones (excluding diaryl/α,β-unsaturated/α-hetero) is 1. The van der Waals surface area contributed by atoms with E-state index in [0.29, 0.717) is 11.7 Å². The molecule has 1 fully saturated rings. The molecule has 34 heavy (non-hydrogen) atoms. The molecule has 1 saturated carbocycles. The van der Waals surface area contributed by atoms with Crippen LogP contribution in [0.25, 0.3) is 0 Å². The van der Waals surface area contributed by atoms with Gasteiger partial charge in [-0.3, -0.25) is 4.79 Å². The van der Waals surface area contributed by atoms with Gasteiger partial charge < -0.3 is 26.2 Å². The molecular formula is C27H59N5O2. The van der Waals surface area contributed by atoms with Gasteiger partial charge in [-0.05, 0) is 97.7 Å². The van der Waals surface area contributed by atoms with Crippen LogP contribution in [0.4, 0.5) is 4.79 Å². The predicted molar refractivity (Wildman–Crippen MR) is 151 cm³/mol. The van der Waals surface area contributed by atoms with E-state index in [2.05, 4.69) is 43.7 Å². The summed E-state index contributed by atoms with van der Waals surface area (Å²) in [5.74, 6) is 1.05. The Kier molecular flexibility index (Phi) is 29.9. The highest BCUT2D eigenvalue weighted by Gasteiger charge is 2.22. The van der Waals surface area contributed by atoms with Gasteiger partial charge >= 0.3 is 6.03 Å². The minimum Gasteiger partial charge on any atom is -0.351 e. The van der Waals surface area contributed by atoms with Crippen LogP contribution in [0.2, 0.25) is 0 Å². The van der Waals surface area contributed by atoms with Crippen LogP contribution in [-0.2, 0) is 4.79 Å². The summed E-state index contributed by atoms with van der Waals surface area (Å²) in [6.07, 6.45) is 10.7. The number of nitrogens with one attached hydrogen (secondary N) is 2. The van der Waals surface area contributed by atoms with Gasteiger partial charge in [0.2, 0.25) is 0 Å². The Balaban J connectivity index is -0.000000235. The number of nitrogens with zero attached hydrogens (tertiary/aromatic N) is 2. The Labute approximate surface area is 213 Å². The molecule has 7 nitrogen and oxygen atoms in total. The largest absolute Gasteiger partial charge is 0.351 e. The zero-order valence-corrected chi connectivity index (χ0v) is 23.5. The quantitative estimate of drug-likeness (QED) is 0.212. The van der Waals surface area contributed by atoms with Gasteiger partial charge in [0.1, 0.15) is 0 Å². The maximum absolute atomic E-state index is 11.8. The number of allylic oxidation sites excluding steroid dienone is 2. The molecule has 0 saturated heterocycles. The SMILES string of the molecule is C=C.CC/C=C1\CC[C@H](CCCNCCC)CC1=O.CCCN(CCN(C)C)C(N)=O.CNC.[HH]. The summed E-state index contributed by atoms with van der Waals surface area (Å²) in [6.45, 7) is 16.9. The van der Waals surface area contributed by atoms with Gasteiger partial charge in [0.15, 0.2) is 5.78 Å². The highest BCUT2D eigenvalue weighted by Crippen LogP contribution is 2.28. The average Bonchev–Trinajstić information content (AvgIpc) is 2.80. The lowest BCUT2D eigenvalue weighted by Gasteiger charge is -2.22. The summed E-state index contributed by atoms with van der Waals surface area (Å²) in [5.41, 5.74) is 6.27. The Bertz CT molecular complexity index is 516. The van der Waals surface area contributed by atoms with Gasteiger partial charge in [0.05, 0.1) is 0 Å². The van der Waals surface area contributed by atoms with Crippen molar-refractivity contribution in [3.05, 3.63) is 24.8 Å². The third-order valence-corrected chi connectivity index (χ3v) is 5.12. The summed E-state index contributed by atoms with van der Waals surface area (Å²) in [4.78, 5) is 26.4. The first kappa shape index (κ1) is 36.9. The van der Waals surface area contributed by atoms with Crippen molar-refractivity contribution in [3.63, 3.8) is 0 Å². The molecule has 0 aromatic heterocycles. The van der Waals surface area contributed by atoms with Crippen molar-refractivity contribution < 1.29 is 11.0 Å². The maximum Gasteiger partial charge on any atom is 0.314 e. The Hall–Kier alpha value is -1.70. The van der Waals surface area contributed by atoms with E-state index >= 15 is 0 Å². The molecule has 1 aliphatic rings. The second-order valence-electron chi connectivity index (χ2n) is 8.69. The number of ketones is 1. The second-order valence-corrected chi connectivity index (χ2v) is 8.69. The maximum atomic E-state index is 11.8. The van der Waals surface area contributed by atoms with E-state index in [1.54, 1.807) is 4.90 Å².